The molecule has 2 aromatic heterocycles. The first-order chi connectivity index (χ1) is 9.19. The molecule has 0 unspecified atom stereocenters. The number of anilines is 3. The van der Waals surface area contributed by atoms with Gasteiger partial charge in [0.25, 0.3) is 0 Å². The van der Waals surface area contributed by atoms with E-state index in [9.17, 15) is 5.11 Å². The number of hydrogen-bond donors (Lipinski definition) is 4. The first-order valence-corrected chi connectivity index (χ1v) is 6.07. The summed E-state index contributed by atoms with van der Waals surface area (Å²) < 4.78 is 0. The first-order valence-electron chi connectivity index (χ1n) is 6.07. The molecule has 0 aromatic carbocycles. The lowest BCUT2D eigenvalue weighted by molar-refractivity contribution is 0.434. The molecule has 19 heavy (non-hydrogen) atoms. The van der Waals surface area contributed by atoms with E-state index in [2.05, 4.69) is 42.8 Å². The highest BCUT2D eigenvalue weighted by atomic mass is 16.3. The Labute approximate surface area is 110 Å². The van der Waals surface area contributed by atoms with Crippen LogP contribution in [0.3, 0.4) is 0 Å². The number of fused-ring (bicyclic) bond motifs is 1. The van der Waals surface area contributed by atoms with Crippen LogP contribution in [0.5, 0.6) is 6.01 Å². The Bertz CT molecular complexity index is 587. The van der Waals surface area contributed by atoms with Crippen LogP contribution in [0.2, 0.25) is 0 Å². The molecule has 0 saturated carbocycles. The van der Waals surface area contributed by atoms with Gasteiger partial charge in [-0.3, -0.25) is 0 Å². The predicted octanol–water partition coefficient (Wildman–Crippen LogP) is 1.03. The molecule has 0 atom stereocenters. The van der Waals surface area contributed by atoms with Gasteiger partial charge in [-0.1, -0.05) is 6.92 Å². The highest BCUT2D eigenvalue weighted by Crippen LogP contribution is 2.26. The fraction of sp³-hybridized carbons (Fsp3) is 0.455. The first kappa shape index (κ1) is 13.1. The van der Waals surface area contributed by atoms with Crippen LogP contribution in [0.4, 0.5) is 17.6 Å². The average Bonchev–Trinajstić information content (AvgIpc) is 2.43. The molecule has 0 aliphatic rings. The third kappa shape index (κ3) is 2.56. The average molecular weight is 263 g/mol. The van der Waals surface area contributed by atoms with Crippen LogP contribution >= 0.6 is 0 Å². The maximum absolute atomic E-state index is 9.51. The Morgan fingerprint density at radius 2 is 1.58 bits per heavy atom. The number of aromatic hydroxyl groups is 1. The molecule has 2 heterocycles. The summed E-state index contributed by atoms with van der Waals surface area (Å²) >= 11 is 0. The number of nitrogens with one attached hydrogen (secondary N) is 3. The van der Waals surface area contributed by atoms with Crippen molar-refractivity contribution in [2.24, 2.45) is 0 Å². The fourth-order valence-electron chi connectivity index (χ4n) is 1.67. The third-order valence-corrected chi connectivity index (χ3v) is 2.54. The summed E-state index contributed by atoms with van der Waals surface area (Å²) in [5, 5.41) is 18.5. The van der Waals surface area contributed by atoms with Crippen molar-refractivity contribution in [2.45, 2.75) is 13.3 Å². The Balaban J connectivity index is 2.62. The zero-order valence-corrected chi connectivity index (χ0v) is 11.2. The SMILES string of the molecule is CCCNc1nc(NC)c2nc(O)nc(NC)c2n1. The van der Waals surface area contributed by atoms with Crippen molar-refractivity contribution in [1.29, 1.82) is 0 Å². The minimum atomic E-state index is -0.314. The maximum atomic E-state index is 9.51. The lowest BCUT2D eigenvalue weighted by atomic mass is 10.3. The van der Waals surface area contributed by atoms with Gasteiger partial charge in [-0.05, 0) is 6.42 Å². The van der Waals surface area contributed by atoms with E-state index in [1.807, 2.05) is 0 Å². The summed E-state index contributed by atoms with van der Waals surface area (Å²) in [4.78, 5) is 16.6. The van der Waals surface area contributed by atoms with Crippen molar-refractivity contribution >= 4 is 28.6 Å². The molecule has 102 valence electrons. The molecule has 0 aliphatic carbocycles. The molecule has 8 heteroatoms. The molecule has 0 fully saturated rings. The standard InChI is InChI=1S/C11H17N7O/c1-4-5-14-10-15-6-7(8(12-2)17-10)16-11(19)18-9(6)13-3/h4-5H2,1-3H3,(H2,12,14,15,17)(H2,13,16,18,19). The Morgan fingerprint density at radius 3 is 2.21 bits per heavy atom. The minimum absolute atomic E-state index is 0.314. The smallest absolute Gasteiger partial charge is 0.316 e. The van der Waals surface area contributed by atoms with Crippen LogP contribution in [0.1, 0.15) is 13.3 Å². The number of hydrogen-bond acceptors (Lipinski definition) is 8. The Morgan fingerprint density at radius 1 is 0.947 bits per heavy atom. The normalized spacial score (nSPS) is 10.5. The van der Waals surface area contributed by atoms with Crippen molar-refractivity contribution in [3.05, 3.63) is 0 Å². The van der Waals surface area contributed by atoms with Crippen LogP contribution in [-0.4, -0.2) is 45.7 Å². The number of aromatic nitrogens is 4. The molecule has 0 saturated heterocycles. The zero-order chi connectivity index (χ0) is 13.8. The highest BCUT2D eigenvalue weighted by molar-refractivity contribution is 5.93. The largest absolute Gasteiger partial charge is 0.479 e. The van der Waals surface area contributed by atoms with Gasteiger partial charge in [-0.2, -0.15) is 15.0 Å². The zero-order valence-electron chi connectivity index (χ0n) is 11.2. The van der Waals surface area contributed by atoms with Gasteiger partial charge in [0.15, 0.2) is 11.6 Å². The predicted molar refractivity (Wildman–Crippen MR) is 74.7 cm³/mol. The molecule has 0 aliphatic heterocycles. The van der Waals surface area contributed by atoms with Gasteiger partial charge >= 0.3 is 6.01 Å². The third-order valence-electron chi connectivity index (χ3n) is 2.54. The van der Waals surface area contributed by atoms with E-state index in [1.54, 1.807) is 14.1 Å². The van der Waals surface area contributed by atoms with Crippen LogP contribution in [-0.2, 0) is 0 Å². The molecular weight excluding hydrogens is 246 g/mol. The maximum Gasteiger partial charge on any atom is 0.316 e. The topological polar surface area (TPSA) is 108 Å². The van der Waals surface area contributed by atoms with Gasteiger partial charge in [0, 0.05) is 20.6 Å². The van der Waals surface area contributed by atoms with Gasteiger partial charge in [-0.15, -0.1) is 0 Å². The van der Waals surface area contributed by atoms with Gasteiger partial charge in [-0.25, -0.2) is 4.98 Å². The molecule has 2 aromatic rings. The van der Waals surface area contributed by atoms with Crippen LogP contribution < -0.4 is 16.0 Å². The van der Waals surface area contributed by atoms with Crippen LogP contribution in [0, 0.1) is 0 Å². The Kier molecular flexibility index (Phi) is 3.79. The van der Waals surface area contributed by atoms with Crippen LogP contribution in [0.15, 0.2) is 0 Å². The van der Waals surface area contributed by atoms with Crippen LogP contribution in [0.25, 0.3) is 11.0 Å². The van der Waals surface area contributed by atoms with Gasteiger partial charge < -0.3 is 21.1 Å². The van der Waals surface area contributed by atoms with Gasteiger partial charge in [0.1, 0.15) is 11.0 Å². The fourth-order valence-corrected chi connectivity index (χ4v) is 1.67. The van der Waals surface area contributed by atoms with Gasteiger partial charge in [0.2, 0.25) is 5.95 Å². The van der Waals surface area contributed by atoms with E-state index >= 15 is 0 Å². The molecule has 0 amide bonds. The number of nitrogens with zero attached hydrogens (tertiary/aromatic N) is 4. The summed E-state index contributed by atoms with van der Waals surface area (Å²) in [6, 6.07) is -0.314. The summed E-state index contributed by atoms with van der Waals surface area (Å²) in [5.41, 5.74) is 1.03. The second-order valence-electron chi connectivity index (χ2n) is 3.89. The van der Waals surface area contributed by atoms with E-state index in [1.165, 1.54) is 0 Å². The van der Waals surface area contributed by atoms with E-state index in [0.29, 0.717) is 28.6 Å². The number of rotatable bonds is 5. The van der Waals surface area contributed by atoms with E-state index in [0.717, 1.165) is 13.0 Å². The molecule has 2 rings (SSSR count). The minimum Gasteiger partial charge on any atom is -0.479 e. The molecule has 0 spiro atoms. The highest BCUT2D eigenvalue weighted by Gasteiger charge is 2.14. The van der Waals surface area contributed by atoms with E-state index in [-0.39, 0.29) is 6.01 Å². The lowest BCUT2D eigenvalue weighted by Crippen LogP contribution is -2.08. The monoisotopic (exact) mass is 263 g/mol. The van der Waals surface area contributed by atoms with E-state index < -0.39 is 0 Å². The summed E-state index contributed by atoms with van der Waals surface area (Å²) in [5.74, 6) is 1.50. The lowest BCUT2D eigenvalue weighted by Gasteiger charge is -2.10. The Hall–Kier alpha value is -2.38. The molecule has 0 radical (unpaired) electrons. The molecule has 0 bridgehead atoms. The molecule has 8 nitrogen and oxygen atoms in total. The summed E-state index contributed by atoms with van der Waals surface area (Å²) in [7, 11) is 3.45. The van der Waals surface area contributed by atoms with Crippen molar-refractivity contribution < 1.29 is 5.11 Å². The van der Waals surface area contributed by atoms with Crippen molar-refractivity contribution in [3.8, 4) is 6.01 Å². The summed E-state index contributed by atoms with van der Waals surface area (Å²) in [6.07, 6.45) is 0.973. The van der Waals surface area contributed by atoms with Gasteiger partial charge in [0.05, 0.1) is 0 Å². The molecular formula is C11H17N7O. The van der Waals surface area contributed by atoms with Crippen molar-refractivity contribution in [1.82, 2.24) is 19.9 Å². The second-order valence-corrected chi connectivity index (χ2v) is 3.89. The van der Waals surface area contributed by atoms with Crippen molar-refractivity contribution in [2.75, 3.05) is 36.6 Å². The summed E-state index contributed by atoms with van der Waals surface area (Å²) in [6.45, 7) is 2.84. The van der Waals surface area contributed by atoms with E-state index in [4.69, 9.17) is 0 Å². The quantitative estimate of drug-likeness (QED) is 0.633. The molecule has 4 N–H and O–H groups in total. The second kappa shape index (κ2) is 5.51. The van der Waals surface area contributed by atoms with Crippen molar-refractivity contribution in [3.63, 3.8) is 0 Å².